The summed E-state index contributed by atoms with van der Waals surface area (Å²) in [6.45, 7) is 4.22. The van der Waals surface area contributed by atoms with Crippen LogP contribution in [0.5, 0.6) is 5.75 Å². The molecule has 1 aliphatic rings. The molecular formula is C29H33F2N3O3. The van der Waals surface area contributed by atoms with E-state index < -0.39 is 17.6 Å². The lowest BCUT2D eigenvalue weighted by molar-refractivity contribution is -0.127. The third kappa shape index (κ3) is 6.24. The van der Waals surface area contributed by atoms with Crippen molar-refractivity contribution in [2.75, 3.05) is 19.1 Å². The average molecular weight is 510 g/mol. The van der Waals surface area contributed by atoms with Crippen LogP contribution in [0.15, 0.2) is 42.5 Å². The number of benzene rings is 2. The van der Waals surface area contributed by atoms with E-state index in [1.54, 1.807) is 43.1 Å². The number of hydrogen-bond acceptors (Lipinski definition) is 4. The highest BCUT2D eigenvalue weighted by Gasteiger charge is 2.28. The molecule has 1 aliphatic carbocycles. The molecule has 0 fully saturated rings. The van der Waals surface area contributed by atoms with Crippen LogP contribution in [0.2, 0.25) is 0 Å². The SMILES string of the molecule is COc1ccc(N(C)C(=O)[C@@H](CC(=O)Cn2nc(C)c3c2CC(C)CC3)Cc2cc(F)cc(F)c2)cc1. The number of nitrogens with zero attached hydrogens (tertiary/aromatic N) is 3. The molecule has 1 aromatic heterocycles. The third-order valence-electron chi connectivity index (χ3n) is 7.14. The molecular weight excluding hydrogens is 476 g/mol. The fraction of sp³-hybridized carbons (Fsp3) is 0.414. The minimum absolute atomic E-state index is 0.0347. The second-order valence-electron chi connectivity index (χ2n) is 10.0. The van der Waals surface area contributed by atoms with Crippen molar-refractivity contribution in [3.63, 3.8) is 0 Å². The molecule has 0 spiro atoms. The van der Waals surface area contributed by atoms with Gasteiger partial charge in [-0.2, -0.15) is 5.10 Å². The maximum absolute atomic E-state index is 13.9. The second-order valence-corrected chi connectivity index (χ2v) is 10.0. The minimum Gasteiger partial charge on any atom is -0.497 e. The van der Waals surface area contributed by atoms with Crippen LogP contribution in [0.25, 0.3) is 0 Å². The number of anilines is 1. The van der Waals surface area contributed by atoms with Crippen LogP contribution in [0.4, 0.5) is 14.5 Å². The molecule has 3 aromatic rings. The van der Waals surface area contributed by atoms with Gasteiger partial charge in [-0.1, -0.05) is 6.92 Å². The first-order valence-corrected chi connectivity index (χ1v) is 12.6. The molecule has 1 amide bonds. The van der Waals surface area contributed by atoms with Gasteiger partial charge in [0.15, 0.2) is 5.78 Å². The molecule has 0 saturated carbocycles. The molecule has 6 nitrogen and oxygen atoms in total. The number of ketones is 1. The molecule has 0 saturated heterocycles. The predicted octanol–water partition coefficient (Wildman–Crippen LogP) is 5.08. The maximum Gasteiger partial charge on any atom is 0.230 e. The first-order chi connectivity index (χ1) is 17.6. The van der Waals surface area contributed by atoms with Crippen LogP contribution < -0.4 is 9.64 Å². The zero-order valence-corrected chi connectivity index (χ0v) is 21.8. The Bertz CT molecular complexity index is 1270. The highest BCUT2D eigenvalue weighted by atomic mass is 19.1. The Labute approximate surface area is 216 Å². The Morgan fingerprint density at radius 2 is 1.84 bits per heavy atom. The van der Waals surface area contributed by atoms with Crippen LogP contribution in [0, 0.1) is 30.4 Å². The van der Waals surface area contributed by atoms with Crippen molar-refractivity contribution in [2.24, 2.45) is 11.8 Å². The normalized spacial score (nSPS) is 15.7. The second kappa shape index (κ2) is 11.2. The van der Waals surface area contributed by atoms with Gasteiger partial charge in [0.25, 0.3) is 0 Å². The molecule has 0 N–H and O–H groups in total. The quantitative estimate of drug-likeness (QED) is 0.403. The van der Waals surface area contributed by atoms with E-state index in [-0.39, 0.29) is 31.1 Å². The Hall–Kier alpha value is -3.55. The Morgan fingerprint density at radius 3 is 2.49 bits per heavy atom. The molecule has 1 unspecified atom stereocenters. The van der Waals surface area contributed by atoms with Crippen molar-refractivity contribution in [1.82, 2.24) is 9.78 Å². The monoisotopic (exact) mass is 509 g/mol. The van der Waals surface area contributed by atoms with Crippen molar-refractivity contribution in [3.8, 4) is 5.75 Å². The number of rotatable bonds is 9. The summed E-state index contributed by atoms with van der Waals surface area (Å²) in [5.41, 5.74) is 4.20. The van der Waals surface area contributed by atoms with E-state index in [2.05, 4.69) is 12.0 Å². The molecule has 8 heteroatoms. The van der Waals surface area contributed by atoms with E-state index in [0.29, 0.717) is 22.9 Å². The summed E-state index contributed by atoms with van der Waals surface area (Å²) in [6.07, 6.45) is 2.89. The summed E-state index contributed by atoms with van der Waals surface area (Å²) in [4.78, 5) is 28.3. The van der Waals surface area contributed by atoms with E-state index >= 15 is 0 Å². The summed E-state index contributed by atoms with van der Waals surface area (Å²) in [6, 6.07) is 10.2. The number of halogens is 2. The zero-order valence-electron chi connectivity index (χ0n) is 21.8. The first-order valence-electron chi connectivity index (χ1n) is 12.6. The van der Waals surface area contributed by atoms with Crippen LogP contribution in [-0.2, 0) is 35.4 Å². The number of ether oxygens (including phenoxy) is 1. The van der Waals surface area contributed by atoms with Crippen molar-refractivity contribution in [3.05, 3.63) is 76.6 Å². The van der Waals surface area contributed by atoms with Gasteiger partial charge >= 0.3 is 0 Å². The number of hydrogen-bond donors (Lipinski definition) is 0. The van der Waals surface area contributed by atoms with Crippen molar-refractivity contribution in [1.29, 1.82) is 0 Å². The number of carbonyl (C=O) groups is 2. The van der Waals surface area contributed by atoms with Crippen LogP contribution in [-0.4, -0.2) is 35.6 Å². The number of Topliss-reactive ketones (excluding diaryl/α,β-unsaturated/α-hetero) is 1. The lowest BCUT2D eigenvalue weighted by Gasteiger charge is -2.24. The summed E-state index contributed by atoms with van der Waals surface area (Å²) in [5.74, 6) is -1.52. The van der Waals surface area contributed by atoms with Gasteiger partial charge in [-0.05, 0) is 86.1 Å². The Morgan fingerprint density at radius 1 is 1.16 bits per heavy atom. The predicted molar refractivity (Wildman–Crippen MR) is 138 cm³/mol. The average Bonchev–Trinajstić information content (AvgIpc) is 3.16. The van der Waals surface area contributed by atoms with Crippen LogP contribution in [0.1, 0.15) is 42.3 Å². The van der Waals surface area contributed by atoms with Crippen molar-refractivity contribution >= 4 is 17.4 Å². The highest BCUT2D eigenvalue weighted by molar-refractivity contribution is 5.97. The summed E-state index contributed by atoms with van der Waals surface area (Å²) < 4.78 is 34.8. The molecule has 0 radical (unpaired) electrons. The maximum atomic E-state index is 13.9. The van der Waals surface area contributed by atoms with Gasteiger partial charge in [-0.15, -0.1) is 0 Å². The lowest BCUT2D eigenvalue weighted by atomic mass is 9.88. The van der Waals surface area contributed by atoms with E-state index in [0.717, 1.165) is 36.7 Å². The smallest absolute Gasteiger partial charge is 0.230 e. The molecule has 196 valence electrons. The Kier molecular flexibility index (Phi) is 8.05. The number of fused-ring (bicyclic) bond motifs is 1. The molecule has 37 heavy (non-hydrogen) atoms. The van der Waals surface area contributed by atoms with Gasteiger partial charge in [0.2, 0.25) is 5.91 Å². The van der Waals surface area contributed by atoms with Crippen molar-refractivity contribution < 1.29 is 23.1 Å². The van der Waals surface area contributed by atoms with Gasteiger partial charge < -0.3 is 9.64 Å². The van der Waals surface area contributed by atoms with Gasteiger partial charge in [-0.3, -0.25) is 14.3 Å². The van der Waals surface area contributed by atoms with Crippen LogP contribution in [0.3, 0.4) is 0 Å². The Balaban J connectivity index is 1.56. The third-order valence-corrected chi connectivity index (χ3v) is 7.14. The number of aromatic nitrogens is 2. The largest absolute Gasteiger partial charge is 0.497 e. The number of carbonyl (C=O) groups excluding carboxylic acids is 2. The molecule has 4 rings (SSSR count). The van der Waals surface area contributed by atoms with E-state index in [9.17, 15) is 18.4 Å². The van der Waals surface area contributed by atoms with Crippen LogP contribution >= 0.6 is 0 Å². The van der Waals surface area contributed by atoms with Crippen molar-refractivity contribution in [2.45, 2.75) is 52.5 Å². The van der Waals surface area contributed by atoms with E-state index in [4.69, 9.17) is 4.74 Å². The molecule has 0 bridgehead atoms. The minimum atomic E-state index is -0.799. The van der Waals surface area contributed by atoms with E-state index in [1.165, 1.54) is 22.6 Å². The fourth-order valence-corrected chi connectivity index (χ4v) is 5.15. The summed E-state index contributed by atoms with van der Waals surface area (Å²) >= 11 is 0. The number of methoxy groups -OCH3 is 1. The lowest BCUT2D eigenvalue weighted by Crippen LogP contribution is -2.36. The fourth-order valence-electron chi connectivity index (χ4n) is 5.15. The molecule has 1 heterocycles. The van der Waals surface area contributed by atoms with Gasteiger partial charge in [0.05, 0.1) is 19.3 Å². The number of amides is 1. The van der Waals surface area contributed by atoms with E-state index in [1.807, 2.05) is 6.92 Å². The molecule has 2 atom stereocenters. The summed E-state index contributed by atoms with van der Waals surface area (Å²) in [5, 5.41) is 4.61. The number of aryl methyl sites for hydroxylation is 1. The van der Waals surface area contributed by atoms with Gasteiger partial charge in [0, 0.05) is 36.8 Å². The summed E-state index contributed by atoms with van der Waals surface area (Å²) in [7, 11) is 3.19. The zero-order chi connectivity index (χ0) is 26.7. The topological polar surface area (TPSA) is 64.4 Å². The standard InChI is InChI=1S/C29H33F2N3O3/c1-18-5-10-27-19(2)32-34(28(27)11-18)17-25(35)15-21(12-20-13-22(30)16-23(31)14-20)29(36)33(3)24-6-8-26(37-4)9-7-24/h6-9,13-14,16,18,21H,5,10-12,15,17H2,1-4H3/t18?,21-/m1/s1. The first kappa shape index (κ1) is 26.5. The van der Waals surface area contributed by atoms with Gasteiger partial charge in [0.1, 0.15) is 17.4 Å². The highest BCUT2D eigenvalue weighted by Crippen LogP contribution is 2.28. The molecule has 2 aromatic carbocycles. The molecule has 0 aliphatic heterocycles. The van der Waals surface area contributed by atoms with Gasteiger partial charge in [-0.25, -0.2) is 8.78 Å².